The lowest BCUT2D eigenvalue weighted by atomic mass is 10.0. The fourth-order valence-electron chi connectivity index (χ4n) is 4.24. The molecule has 6 rings (SSSR count). The highest BCUT2D eigenvalue weighted by molar-refractivity contribution is 7.14. The second-order valence-electron chi connectivity index (χ2n) is 8.95. The Morgan fingerprint density at radius 1 is 1.09 bits per heavy atom. The minimum absolute atomic E-state index is 0.263. The summed E-state index contributed by atoms with van der Waals surface area (Å²) in [5.41, 5.74) is 3.92. The van der Waals surface area contributed by atoms with Gasteiger partial charge in [0.05, 0.1) is 30.3 Å². The maximum atomic E-state index is 13.3. The molecule has 2 aliphatic carbocycles. The average Bonchev–Trinajstić information content (AvgIpc) is 3.82. The van der Waals surface area contributed by atoms with E-state index >= 15 is 0 Å². The second kappa shape index (κ2) is 8.81. The van der Waals surface area contributed by atoms with Crippen LogP contribution in [0.1, 0.15) is 53.7 Å². The molecule has 2 aliphatic rings. The summed E-state index contributed by atoms with van der Waals surface area (Å²) in [6.45, 7) is 0. The molecular weight excluding hydrogens is 462 g/mol. The van der Waals surface area contributed by atoms with Gasteiger partial charge in [-0.2, -0.15) is 0 Å². The molecule has 0 aliphatic heterocycles. The largest absolute Gasteiger partial charge is 0.496 e. The van der Waals surface area contributed by atoms with Crippen molar-refractivity contribution in [1.29, 1.82) is 0 Å². The van der Waals surface area contributed by atoms with Crippen LogP contribution in [-0.2, 0) is 0 Å². The first-order valence-corrected chi connectivity index (χ1v) is 12.5. The van der Waals surface area contributed by atoms with Crippen LogP contribution in [-0.4, -0.2) is 39.9 Å². The van der Waals surface area contributed by atoms with Crippen LogP contribution in [0.2, 0.25) is 0 Å². The van der Waals surface area contributed by atoms with E-state index in [9.17, 15) is 4.79 Å². The number of amides is 1. The van der Waals surface area contributed by atoms with Crippen LogP contribution < -0.4 is 14.8 Å². The Kier molecular flexibility index (Phi) is 5.49. The maximum absolute atomic E-state index is 13.3. The molecule has 1 aromatic carbocycles. The quantitative estimate of drug-likeness (QED) is 0.350. The number of carbonyl (C=O) groups excluding carboxylic acids is 1. The lowest BCUT2D eigenvalue weighted by molar-refractivity contribution is 0.102. The van der Waals surface area contributed by atoms with Crippen molar-refractivity contribution in [2.75, 3.05) is 19.5 Å². The summed E-state index contributed by atoms with van der Waals surface area (Å²) < 4.78 is 13.3. The highest BCUT2D eigenvalue weighted by Crippen LogP contribution is 2.41. The molecule has 0 radical (unpaired) electrons. The van der Waals surface area contributed by atoms with Crippen LogP contribution in [0.15, 0.2) is 48.2 Å². The van der Waals surface area contributed by atoms with E-state index in [4.69, 9.17) is 9.47 Å². The van der Waals surface area contributed by atoms with Gasteiger partial charge in [-0.05, 0) is 43.9 Å². The molecule has 0 spiro atoms. The molecule has 9 heteroatoms. The molecule has 3 heterocycles. The molecule has 1 N–H and O–H groups in total. The van der Waals surface area contributed by atoms with Crippen molar-refractivity contribution in [1.82, 2.24) is 19.7 Å². The molecule has 0 atom stereocenters. The number of hydrogen-bond acceptors (Lipinski definition) is 7. The third-order valence-corrected chi connectivity index (χ3v) is 7.38. The van der Waals surface area contributed by atoms with Gasteiger partial charge < -0.3 is 19.4 Å². The molecule has 1 amide bonds. The van der Waals surface area contributed by atoms with E-state index in [0.29, 0.717) is 34.7 Å². The number of nitrogens with one attached hydrogen (secondary N) is 1. The average molecular weight is 488 g/mol. The van der Waals surface area contributed by atoms with Gasteiger partial charge in [0.2, 0.25) is 0 Å². The number of aromatic nitrogens is 4. The predicted octanol–water partition coefficient (Wildman–Crippen LogP) is 5.55. The second-order valence-corrected chi connectivity index (χ2v) is 9.86. The first-order chi connectivity index (χ1) is 17.1. The van der Waals surface area contributed by atoms with Crippen molar-refractivity contribution in [2.45, 2.75) is 37.6 Å². The van der Waals surface area contributed by atoms with E-state index in [1.165, 1.54) is 24.2 Å². The van der Waals surface area contributed by atoms with Gasteiger partial charge in [-0.3, -0.25) is 9.78 Å². The Balaban J connectivity index is 1.28. The monoisotopic (exact) mass is 487 g/mol. The van der Waals surface area contributed by atoms with Crippen LogP contribution in [0, 0.1) is 0 Å². The van der Waals surface area contributed by atoms with Crippen LogP contribution >= 0.6 is 11.3 Å². The number of anilines is 1. The smallest absolute Gasteiger partial charge is 0.259 e. The fourth-order valence-corrected chi connectivity index (χ4v) is 5.07. The summed E-state index contributed by atoms with van der Waals surface area (Å²) in [5, 5.41) is 13.3. The number of methoxy groups -OCH3 is 2. The number of carbonyl (C=O) groups is 1. The van der Waals surface area contributed by atoms with Gasteiger partial charge in [0.1, 0.15) is 17.8 Å². The first kappa shape index (κ1) is 21.8. The molecule has 4 aromatic rings. The van der Waals surface area contributed by atoms with Gasteiger partial charge in [-0.1, -0.05) is 6.07 Å². The van der Waals surface area contributed by atoms with Gasteiger partial charge in [0, 0.05) is 46.4 Å². The van der Waals surface area contributed by atoms with Crippen molar-refractivity contribution in [3.05, 3.63) is 59.5 Å². The lowest BCUT2D eigenvalue weighted by Crippen LogP contribution is -2.13. The van der Waals surface area contributed by atoms with E-state index in [1.807, 2.05) is 23.7 Å². The Bertz CT molecular complexity index is 1390. The molecule has 3 aromatic heterocycles. The van der Waals surface area contributed by atoms with Crippen molar-refractivity contribution < 1.29 is 14.3 Å². The molecule has 0 saturated heterocycles. The molecule has 2 fully saturated rings. The standard InChI is InChI=1S/C26H25N5O3S/c1-33-22-11-23(34-2)20(10-19(22)16-5-8-21(27-12-16)15-3-4-15)26(32)29-17-9-24(35-13-17)25-30-28-14-31(25)18-6-7-18/h5,8-15,18H,3-4,6-7H2,1-2H3,(H,29,32). The fraction of sp³-hybridized carbons (Fsp3) is 0.308. The Hall–Kier alpha value is -3.72. The number of benzene rings is 1. The highest BCUT2D eigenvalue weighted by atomic mass is 32.1. The normalized spacial score (nSPS) is 15.1. The van der Waals surface area contributed by atoms with Crippen LogP contribution in [0.3, 0.4) is 0 Å². The molecular formula is C26H25N5O3S. The molecule has 35 heavy (non-hydrogen) atoms. The SMILES string of the molecule is COc1cc(OC)c(-c2ccc(C3CC3)nc2)cc1C(=O)Nc1csc(-c2nncn2C2CC2)c1. The Morgan fingerprint density at radius 2 is 1.91 bits per heavy atom. The van der Waals surface area contributed by atoms with Crippen molar-refractivity contribution >= 4 is 22.9 Å². The number of hydrogen-bond donors (Lipinski definition) is 1. The van der Waals surface area contributed by atoms with Gasteiger partial charge in [0.15, 0.2) is 5.82 Å². The van der Waals surface area contributed by atoms with E-state index in [-0.39, 0.29) is 5.91 Å². The van der Waals surface area contributed by atoms with E-state index in [2.05, 4.69) is 31.1 Å². The van der Waals surface area contributed by atoms with Gasteiger partial charge in [0.25, 0.3) is 5.91 Å². The maximum Gasteiger partial charge on any atom is 0.259 e. The topological polar surface area (TPSA) is 91.2 Å². The number of nitrogens with zero attached hydrogens (tertiary/aromatic N) is 4. The third kappa shape index (κ3) is 4.27. The molecule has 0 unspecified atom stereocenters. The zero-order valence-electron chi connectivity index (χ0n) is 19.5. The predicted molar refractivity (Wildman–Crippen MR) is 134 cm³/mol. The molecule has 0 bridgehead atoms. The first-order valence-electron chi connectivity index (χ1n) is 11.7. The summed E-state index contributed by atoms with van der Waals surface area (Å²) in [6, 6.07) is 10.1. The summed E-state index contributed by atoms with van der Waals surface area (Å²) in [7, 11) is 3.15. The minimum Gasteiger partial charge on any atom is -0.496 e. The lowest BCUT2D eigenvalue weighted by Gasteiger charge is -2.15. The Labute approximate surface area is 207 Å². The third-order valence-electron chi connectivity index (χ3n) is 6.45. The van der Waals surface area contributed by atoms with Crippen molar-refractivity contribution in [3.8, 4) is 33.3 Å². The van der Waals surface area contributed by atoms with Crippen LogP contribution in [0.5, 0.6) is 11.5 Å². The number of ether oxygens (including phenoxy) is 2. The molecule has 2 saturated carbocycles. The number of thiophene rings is 1. The minimum atomic E-state index is -0.263. The van der Waals surface area contributed by atoms with Crippen molar-refractivity contribution in [3.63, 3.8) is 0 Å². The highest BCUT2D eigenvalue weighted by Gasteiger charge is 2.27. The summed E-state index contributed by atoms with van der Waals surface area (Å²) >= 11 is 1.53. The van der Waals surface area contributed by atoms with Crippen LogP contribution in [0.25, 0.3) is 21.8 Å². The summed E-state index contributed by atoms with van der Waals surface area (Å²) in [4.78, 5) is 18.9. The van der Waals surface area contributed by atoms with Gasteiger partial charge >= 0.3 is 0 Å². The zero-order valence-corrected chi connectivity index (χ0v) is 20.3. The van der Waals surface area contributed by atoms with Crippen molar-refractivity contribution in [2.24, 2.45) is 0 Å². The van der Waals surface area contributed by atoms with Gasteiger partial charge in [-0.25, -0.2) is 0 Å². The molecule has 8 nitrogen and oxygen atoms in total. The van der Waals surface area contributed by atoms with Gasteiger partial charge in [-0.15, -0.1) is 21.5 Å². The van der Waals surface area contributed by atoms with E-state index in [1.54, 1.807) is 32.7 Å². The number of rotatable bonds is 8. The van der Waals surface area contributed by atoms with E-state index < -0.39 is 0 Å². The zero-order chi connectivity index (χ0) is 23.9. The van der Waals surface area contributed by atoms with Crippen LogP contribution in [0.4, 0.5) is 5.69 Å². The summed E-state index contributed by atoms with van der Waals surface area (Å²) in [6.07, 6.45) is 8.33. The van der Waals surface area contributed by atoms with E-state index in [0.717, 1.165) is 40.4 Å². The summed E-state index contributed by atoms with van der Waals surface area (Å²) in [5.74, 6) is 2.22. The molecule has 178 valence electrons. The Morgan fingerprint density at radius 3 is 2.60 bits per heavy atom. The number of pyridine rings is 1.